The summed E-state index contributed by atoms with van der Waals surface area (Å²) in [5.41, 5.74) is 5.85. The first kappa shape index (κ1) is 11.4. The van der Waals surface area contributed by atoms with Gasteiger partial charge in [-0.1, -0.05) is 0 Å². The van der Waals surface area contributed by atoms with E-state index in [9.17, 15) is 4.79 Å². The molecular weight excluding hydrogens is 224 g/mol. The predicted octanol–water partition coefficient (Wildman–Crippen LogP) is 1.46. The lowest BCUT2D eigenvalue weighted by Crippen LogP contribution is -2.39. The van der Waals surface area contributed by atoms with E-state index >= 15 is 0 Å². The zero-order valence-corrected chi connectivity index (χ0v) is 10.1. The Morgan fingerprint density at radius 1 is 1.50 bits per heavy atom. The van der Waals surface area contributed by atoms with Gasteiger partial charge in [0.1, 0.15) is 4.88 Å². The van der Waals surface area contributed by atoms with Crippen molar-refractivity contribution in [1.29, 1.82) is 0 Å². The van der Waals surface area contributed by atoms with Crippen molar-refractivity contribution in [2.45, 2.75) is 18.9 Å². The Labute approximate surface area is 99.0 Å². The number of hydrogen-bond acceptors (Lipinski definition) is 5. The smallest absolute Gasteiger partial charge is 0.348 e. The van der Waals surface area contributed by atoms with E-state index in [0.29, 0.717) is 10.9 Å². The second-order valence-corrected chi connectivity index (χ2v) is 5.02. The van der Waals surface area contributed by atoms with Crippen LogP contribution in [0.25, 0.3) is 0 Å². The lowest BCUT2D eigenvalue weighted by Gasteiger charge is -2.30. The fraction of sp³-hybridized carbons (Fsp3) is 0.545. The number of piperidine rings is 1. The summed E-state index contributed by atoms with van der Waals surface area (Å²) in [6, 6.07) is 4.13. The lowest BCUT2D eigenvalue weighted by atomic mass is 10.1. The van der Waals surface area contributed by atoms with E-state index in [1.54, 1.807) is 0 Å². The number of ether oxygens (including phenoxy) is 1. The van der Waals surface area contributed by atoms with Crippen molar-refractivity contribution < 1.29 is 9.53 Å². The number of thiophene rings is 1. The van der Waals surface area contributed by atoms with Crippen molar-refractivity contribution in [3.8, 4) is 0 Å². The fourth-order valence-corrected chi connectivity index (χ4v) is 2.80. The van der Waals surface area contributed by atoms with Crippen LogP contribution in [0.5, 0.6) is 0 Å². The molecule has 16 heavy (non-hydrogen) atoms. The summed E-state index contributed by atoms with van der Waals surface area (Å²) in [5.74, 6) is -0.259. The number of nitrogens with two attached hydrogens (primary N) is 1. The molecule has 2 rings (SSSR count). The van der Waals surface area contributed by atoms with E-state index in [1.165, 1.54) is 18.4 Å². The van der Waals surface area contributed by atoms with Gasteiger partial charge in [0.2, 0.25) is 0 Å². The molecule has 0 spiro atoms. The third-order valence-corrected chi connectivity index (χ3v) is 3.96. The van der Waals surface area contributed by atoms with Crippen LogP contribution in [-0.4, -0.2) is 32.2 Å². The Morgan fingerprint density at radius 3 is 2.81 bits per heavy atom. The van der Waals surface area contributed by atoms with E-state index in [4.69, 9.17) is 5.73 Å². The Bertz CT molecular complexity index is 370. The zero-order chi connectivity index (χ0) is 11.5. The summed E-state index contributed by atoms with van der Waals surface area (Å²) in [5, 5.41) is 1.13. The molecule has 1 aromatic heterocycles. The SMILES string of the molecule is COC(=O)c1ccc(N2CCC(N)CC2)s1. The molecule has 2 N–H and O–H groups in total. The van der Waals surface area contributed by atoms with Crippen molar-refractivity contribution in [1.82, 2.24) is 0 Å². The number of carbonyl (C=O) groups is 1. The molecule has 0 amide bonds. The Morgan fingerprint density at radius 2 is 2.19 bits per heavy atom. The van der Waals surface area contributed by atoms with E-state index < -0.39 is 0 Å². The molecule has 0 radical (unpaired) electrons. The molecular formula is C11H16N2O2S. The third-order valence-electron chi connectivity index (χ3n) is 2.83. The van der Waals surface area contributed by atoms with Gasteiger partial charge in [-0.15, -0.1) is 11.3 Å². The summed E-state index contributed by atoms with van der Waals surface area (Å²) in [6.45, 7) is 1.95. The van der Waals surface area contributed by atoms with Crippen LogP contribution >= 0.6 is 11.3 Å². The molecule has 1 aliphatic heterocycles. The van der Waals surface area contributed by atoms with Gasteiger partial charge in [-0.05, 0) is 25.0 Å². The molecule has 0 saturated carbocycles. The highest BCUT2D eigenvalue weighted by molar-refractivity contribution is 7.17. The monoisotopic (exact) mass is 240 g/mol. The van der Waals surface area contributed by atoms with Crippen LogP contribution in [0, 0.1) is 0 Å². The van der Waals surface area contributed by atoms with E-state index in [0.717, 1.165) is 30.9 Å². The maximum atomic E-state index is 11.3. The van der Waals surface area contributed by atoms with Crippen LogP contribution < -0.4 is 10.6 Å². The van der Waals surface area contributed by atoms with Gasteiger partial charge in [-0.25, -0.2) is 4.79 Å². The Kier molecular flexibility index (Phi) is 3.46. The number of nitrogens with zero attached hydrogens (tertiary/aromatic N) is 1. The summed E-state index contributed by atoms with van der Waals surface area (Å²) in [7, 11) is 1.40. The van der Waals surface area contributed by atoms with Crippen LogP contribution in [0.4, 0.5) is 5.00 Å². The molecule has 2 heterocycles. The number of anilines is 1. The quantitative estimate of drug-likeness (QED) is 0.795. The van der Waals surface area contributed by atoms with E-state index in [2.05, 4.69) is 9.64 Å². The predicted molar refractivity (Wildman–Crippen MR) is 65.1 cm³/mol. The normalized spacial score (nSPS) is 17.5. The standard InChI is InChI=1S/C11H16N2O2S/c1-15-11(14)9-2-3-10(16-9)13-6-4-8(12)5-7-13/h2-3,8H,4-7,12H2,1H3. The van der Waals surface area contributed by atoms with Gasteiger partial charge in [0.15, 0.2) is 0 Å². The second-order valence-electron chi connectivity index (χ2n) is 3.95. The molecule has 0 atom stereocenters. The van der Waals surface area contributed by atoms with Crippen LogP contribution in [0.15, 0.2) is 12.1 Å². The first-order chi connectivity index (χ1) is 7.70. The minimum absolute atomic E-state index is 0.259. The zero-order valence-electron chi connectivity index (χ0n) is 9.31. The molecule has 4 nitrogen and oxygen atoms in total. The van der Waals surface area contributed by atoms with Gasteiger partial charge in [-0.3, -0.25) is 0 Å². The largest absolute Gasteiger partial charge is 0.465 e. The van der Waals surface area contributed by atoms with Gasteiger partial charge in [0, 0.05) is 19.1 Å². The van der Waals surface area contributed by atoms with E-state index in [-0.39, 0.29) is 5.97 Å². The highest BCUT2D eigenvalue weighted by atomic mass is 32.1. The maximum Gasteiger partial charge on any atom is 0.348 e. The number of esters is 1. The number of methoxy groups -OCH3 is 1. The summed E-state index contributed by atoms with van der Waals surface area (Å²) in [6.07, 6.45) is 2.04. The first-order valence-corrected chi connectivity index (χ1v) is 6.21. The Hall–Kier alpha value is -1.07. The molecule has 1 aliphatic rings. The van der Waals surface area contributed by atoms with Gasteiger partial charge < -0.3 is 15.4 Å². The van der Waals surface area contributed by atoms with Crippen molar-refractivity contribution in [2.24, 2.45) is 5.73 Å². The van der Waals surface area contributed by atoms with Gasteiger partial charge >= 0.3 is 5.97 Å². The van der Waals surface area contributed by atoms with Crippen LogP contribution in [0.1, 0.15) is 22.5 Å². The molecule has 0 aromatic carbocycles. The van der Waals surface area contributed by atoms with Crippen LogP contribution in [-0.2, 0) is 4.74 Å². The van der Waals surface area contributed by atoms with Crippen molar-refractivity contribution in [3.63, 3.8) is 0 Å². The summed E-state index contributed by atoms with van der Waals surface area (Å²) >= 11 is 1.48. The molecule has 88 valence electrons. The molecule has 5 heteroatoms. The minimum Gasteiger partial charge on any atom is -0.465 e. The number of hydrogen-bond donors (Lipinski definition) is 1. The molecule has 0 aliphatic carbocycles. The molecule has 1 aromatic rings. The average molecular weight is 240 g/mol. The molecule has 1 saturated heterocycles. The summed E-state index contributed by atoms with van der Waals surface area (Å²) < 4.78 is 4.69. The van der Waals surface area contributed by atoms with Gasteiger partial charge in [0.25, 0.3) is 0 Å². The van der Waals surface area contributed by atoms with Crippen molar-refractivity contribution in [3.05, 3.63) is 17.0 Å². The highest BCUT2D eigenvalue weighted by Crippen LogP contribution is 2.28. The first-order valence-electron chi connectivity index (χ1n) is 5.39. The topological polar surface area (TPSA) is 55.6 Å². The molecule has 1 fully saturated rings. The minimum atomic E-state index is -0.259. The van der Waals surface area contributed by atoms with Crippen LogP contribution in [0.3, 0.4) is 0 Å². The van der Waals surface area contributed by atoms with Crippen LogP contribution in [0.2, 0.25) is 0 Å². The van der Waals surface area contributed by atoms with Crippen molar-refractivity contribution >= 4 is 22.3 Å². The lowest BCUT2D eigenvalue weighted by molar-refractivity contribution is 0.0606. The number of rotatable bonds is 2. The van der Waals surface area contributed by atoms with Crippen molar-refractivity contribution in [2.75, 3.05) is 25.1 Å². The third kappa shape index (κ3) is 2.36. The second kappa shape index (κ2) is 4.84. The summed E-state index contributed by atoms with van der Waals surface area (Å²) in [4.78, 5) is 14.2. The number of carbonyl (C=O) groups excluding carboxylic acids is 1. The van der Waals surface area contributed by atoms with Gasteiger partial charge in [0.05, 0.1) is 12.1 Å². The average Bonchev–Trinajstić information content (AvgIpc) is 2.78. The van der Waals surface area contributed by atoms with E-state index in [1.807, 2.05) is 12.1 Å². The highest BCUT2D eigenvalue weighted by Gasteiger charge is 2.19. The van der Waals surface area contributed by atoms with Gasteiger partial charge in [-0.2, -0.15) is 0 Å². The maximum absolute atomic E-state index is 11.3. The fourth-order valence-electron chi connectivity index (χ4n) is 1.83. The Balaban J connectivity index is 2.04. The molecule has 0 unspecified atom stereocenters. The molecule has 0 bridgehead atoms.